The molecule has 1 atom stereocenters. The van der Waals surface area contributed by atoms with E-state index in [1.165, 1.54) is 41.8 Å². The minimum Gasteiger partial charge on any atom is -0.438 e. The Kier molecular flexibility index (Phi) is 11.7. The standard InChI is InChI=1S/C30H34ClN2O10PS/c1-29(2,3)27(35)40-17-42-44(39,43-18-41-28(36)30(4,5)6)25(23-16-45-24-11-10-20(31)15-22(23)24)26(34)32-13-12-19-8-7-9-21(14-19)33(37)38/h7-16,25H,17-18H2,1-6H3,(H,32,34)/b13-12+. The fourth-order valence-electron chi connectivity index (χ4n) is 3.65. The third-order valence-corrected chi connectivity index (χ3v) is 9.37. The zero-order valence-corrected chi connectivity index (χ0v) is 28.0. The molecular weight excluding hydrogens is 647 g/mol. The highest BCUT2D eigenvalue weighted by molar-refractivity contribution is 7.55. The molecule has 15 heteroatoms. The van der Waals surface area contributed by atoms with Crippen molar-refractivity contribution in [3.63, 3.8) is 0 Å². The molecule has 1 unspecified atom stereocenters. The molecule has 0 saturated carbocycles. The van der Waals surface area contributed by atoms with Crippen molar-refractivity contribution < 1.29 is 42.4 Å². The van der Waals surface area contributed by atoms with Gasteiger partial charge in [0.05, 0.1) is 15.8 Å². The van der Waals surface area contributed by atoms with Crippen LogP contribution in [0.3, 0.4) is 0 Å². The van der Waals surface area contributed by atoms with Crippen LogP contribution >= 0.6 is 30.5 Å². The lowest BCUT2D eigenvalue weighted by atomic mass is 9.98. The Morgan fingerprint density at radius 2 is 1.60 bits per heavy atom. The van der Waals surface area contributed by atoms with Crippen molar-refractivity contribution in [1.29, 1.82) is 0 Å². The lowest BCUT2D eigenvalue weighted by Gasteiger charge is -2.27. The minimum absolute atomic E-state index is 0.149. The summed E-state index contributed by atoms with van der Waals surface area (Å²) in [6.45, 7) is 8.01. The molecule has 0 fully saturated rings. The quantitative estimate of drug-likeness (QED) is 0.0663. The second-order valence-corrected chi connectivity index (χ2v) is 15.3. The number of hydrogen-bond acceptors (Lipinski definition) is 11. The number of carbonyl (C=O) groups is 3. The molecule has 0 aliphatic heterocycles. The molecule has 1 heterocycles. The van der Waals surface area contributed by atoms with Crippen LogP contribution in [0.4, 0.5) is 5.69 Å². The maximum atomic E-state index is 14.6. The lowest BCUT2D eigenvalue weighted by Crippen LogP contribution is -2.29. The summed E-state index contributed by atoms with van der Waals surface area (Å²) in [7, 11) is -4.67. The molecular formula is C30H34ClN2O10PS. The SMILES string of the molecule is CC(C)(C)C(=O)OCOP(=O)(OCOC(=O)C(C)(C)C)C(C(=O)N/C=C/c1cccc([N+](=O)[O-])c1)c1csc2ccc(Cl)cc12. The van der Waals surface area contributed by atoms with Crippen LogP contribution in [0.5, 0.6) is 0 Å². The van der Waals surface area contributed by atoms with Gasteiger partial charge in [0, 0.05) is 28.1 Å². The molecule has 0 spiro atoms. The van der Waals surface area contributed by atoms with Crippen LogP contribution < -0.4 is 5.32 Å². The first kappa shape index (κ1) is 35.9. The van der Waals surface area contributed by atoms with E-state index in [1.807, 2.05) is 0 Å². The predicted octanol–water partition coefficient (Wildman–Crippen LogP) is 7.61. The number of carbonyl (C=O) groups excluding carboxylic acids is 3. The molecule has 1 aromatic heterocycles. The van der Waals surface area contributed by atoms with Gasteiger partial charge < -0.3 is 14.8 Å². The summed E-state index contributed by atoms with van der Waals surface area (Å²) in [4.78, 5) is 49.3. The number of nitrogens with one attached hydrogen (secondary N) is 1. The first-order valence-electron chi connectivity index (χ1n) is 13.5. The second-order valence-electron chi connectivity index (χ2n) is 11.8. The number of thiophene rings is 1. The third-order valence-electron chi connectivity index (χ3n) is 6.08. The number of nitrogens with zero attached hydrogens (tertiary/aromatic N) is 1. The molecule has 0 radical (unpaired) electrons. The number of non-ortho nitro benzene ring substituents is 1. The molecule has 242 valence electrons. The Balaban J connectivity index is 2.03. The van der Waals surface area contributed by atoms with Crippen molar-refractivity contribution in [3.8, 4) is 0 Å². The summed E-state index contributed by atoms with van der Waals surface area (Å²) in [6, 6.07) is 10.7. The number of esters is 2. The predicted molar refractivity (Wildman–Crippen MR) is 170 cm³/mol. The Morgan fingerprint density at radius 3 is 2.16 bits per heavy atom. The first-order valence-corrected chi connectivity index (χ1v) is 16.4. The Hall–Kier alpha value is -3.61. The van der Waals surface area contributed by atoms with E-state index in [-0.39, 0.29) is 11.3 Å². The molecule has 0 bridgehead atoms. The number of rotatable bonds is 12. The summed E-state index contributed by atoms with van der Waals surface area (Å²) in [5.41, 5.74) is -3.00. The minimum atomic E-state index is -4.67. The number of nitro groups is 1. The number of benzene rings is 2. The van der Waals surface area contributed by atoms with Crippen LogP contribution in [0.15, 0.2) is 54.0 Å². The lowest BCUT2D eigenvalue weighted by molar-refractivity contribution is -0.384. The highest BCUT2D eigenvalue weighted by Crippen LogP contribution is 2.62. The van der Waals surface area contributed by atoms with Crippen LogP contribution in [0.25, 0.3) is 16.2 Å². The van der Waals surface area contributed by atoms with Gasteiger partial charge in [-0.2, -0.15) is 0 Å². The highest BCUT2D eigenvalue weighted by Gasteiger charge is 2.45. The van der Waals surface area contributed by atoms with Gasteiger partial charge in [-0.05, 0) is 87.7 Å². The zero-order valence-electron chi connectivity index (χ0n) is 25.5. The summed E-state index contributed by atoms with van der Waals surface area (Å²) in [5.74, 6) is -2.19. The number of hydrogen-bond donors (Lipinski definition) is 1. The zero-order chi connectivity index (χ0) is 33.6. The Bertz CT molecular complexity index is 1620. The van der Waals surface area contributed by atoms with Crippen molar-refractivity contribution in [2.75, 3.05) is 13.6 Å². The van der Waals surface area contributed by atoms with Crippen molar-refractivity contribution in [2.24, 2.45) is 10.8 Å². The second kappa shape index (κ2) is 14.7. The maximum absolute atomic E-state index is 14.6. The number of amides is 1. The summed E-state index contributed by atoms with van der Waals surface area (Å²) in [6.07, 6.45) is 2.63. The largest absolute Gasteiger partial charge is 0.438 e. The fourth-order valence-corrected chi connectivity index (χ4v) is 6.58. The Morgan fingerprint density at radius 1 is 1.00 bits per heavy atom. The monoisotopic (exact) mass is 680 g/mol. The van der Waals surface area contributed by atoms with Crippen molar-refractivity contribution >= 4 is 70.2 Å². The van der Waals surface area contributed by atoms with Gasteiger partial charge in [-0.3, -0.25) is 38.1 Å². The van der Waals surface area contributed by atoms with Gasteiger partial charge in [0.25, 0.3) is 5.69 Å². The molecule has 2 aromatic carbocycles. The van der Waals surface area contributed by atoms with E-state index in [1.54, 1.807) is 71.2 Å². The Labute approximate surface area is 269 Å². The van der Waals surface area contributed by atoms with E-state index in [4.69, 9.17) is 30.1 Å². The van der Waals surface area contributed by atoms with Crippen molar-refractivity contribution in [1.82, 2.24) is 5.32 Å². The molecule has 3 aromatic rings. The average Bonchev–Trinajstić information content (AvgIpc) is 3.34. The molecule has 0 saturated heterocycles. The highest BCUT2D eigenvalue weighted by atomic mass is 35.5. The van der Waals surface area contributed by atoms with Gasteiger partial charge >= 0.3 is 19.5 Å². The van der Waals surface area contributed by atoms with Crippen LogP contribution in [0, 0.1) is 20.9 Å². The fraction of sp³-hybridized carbons (Fsp3) is 0.367. The average molecular weight is 681 g/mol. The van der Waals surface area contributed by atoms with E-state index in [0.717, 1.165) is 0 Å². The molecule has 0 aliphatic carbocycles. The number of fused-ring (bicyclic) bond motifs is 1. The summed E-state index contributed by atoms with van der Waals surface area (Å²) in [5, 5.41) is 16.1. The van der Waals surface area contributed by atoms with E-state index < -0.39 is 60.4 Å². The van der Waals surface area contributed by atoms with Gasteiger partial charge in [-0.15, -0.1) is 11.3 Å². The molecule has 3 rings (SSSR count). The number of nitro benzene ring substituents is 1. The van der Waals surface area contributed by atoms with Crippen LogP contribution in [0.2, 0.25) is 5.02 Å². The normalized spacial score (nSPS) is 13.0. The molecule has 45 heavy (non-hydrogen) atoms. The van der Waals surface area contributed by atoms with Crippen LogP contribution in [0.1, 0.15) is 58.3 Å². The van der Waals surface area contributed by atoms with E-state index >= 15 is 0 Å². The molecule has 1 amide bonds. The molecule has 12 nitrogen and oxygen atoms in total. The summed E-state index contributed by atoms with van der Waals surface area (Å²) >= 11 is 7.50. The smallest absolute Gasteiger partial charge is 0.353 e. The maximum Gasteiger partial charge on any atom is 0.353 e. The van der Waals surface area contributed by atoms with Crippen LogP contribution in [-0.2, 0) is 37.5 Å². The van der Waals surface area contributed by atoms with Crippen molar-refractivity contribution in [3.05, 3.63) is 80.3 Å². The van der Waals surface area contributed by atoms with E-state index in [2.05, 4.69) is 5.32 Å². The third kappa shape index (κ3) is 9.69. The van der Waals surface area contributed by atoms with Gasteiger partial charge in [-0.25, -0.2) is 0 Å². The first-order chi connectivity index (χ1) is 20.9. The van der Waals surface area contributed by atoms with Gasteiger partial charge in [0.1, 0.15) is 0 Å². The van der Waals surface area contributed by atoms with Gasteiger partial charge in [-0.1, -0.05) is 23.7 Å². The van der Waals surface area contributed by atoms with Gasteiger partial charge in [0.15, 0.2) is 5.66 Å². The van der Waals surface area contributed by atoms with E-state index in [9.17, 15) is 29.1 Å². The van der Waals surface area contributed by atoms with Gasteiger partial charge in [0.2, 0.25) is 19.5 Å². The molecule has 1 N–H and O–H groups in total. The van der Waals surface area contributed by atoms with E-state index in [0.29, 0.717) is 20.7 Å². The number of ether oxygens (including phenoxy) is 2. The van der Waals surface area contributed by atoms with Crippen molar-refractivity contribution in [2.45, 2.75) is 47.2 Å². The summed E-state index contributed by atoms with van der Waals surface area (Å²) < 4.78 is 36.8. The van der Waals surface area contributed by atoms with Crippen LogP contribution in [-0.4, -0.2) is 36.4 Å². The topological polar surface area (TPSA) is 160 Å². The molecule has 0 aliphatic rings. The number of halogens is 1.